The quantitative estimate of drug-likeness (QED) is 0.483. The average Bonchev–Trinajstić information content (AvgIpc) is 3.04. The van der Waals surface area contributed by atoms with Crippen molar-refractivity contribution in [3.8, 4) is 0 Å². The number of hydrogen-bond donors (Lipinski definition) is 5. The number of hydrogen-bond acceptors (Lipinski definition) is 5. The second-order valence-corrected chi connectivity index (χ2v) is 7.12. The Morgan fingerprint density at radius 3 is 2.66 bits per heavy atom. The summed E-state index contributed by atoms with van der Waals surface area (Å²) in [5.41, 5.74) is 10.3. The molecule has 0 radical (unpaired) electrons. The molecule has 1 unspecified atom stereocenters. The SMILES string of the molecule is C/C=C(\C=C(/N)NC(C)=O)c1[nH]c2c(c1Nc1ccccc1)C(=O)CC(CO)C2. The first kappa shape index (κ1) is 20.4. The highest BCUT2D eigenvalue weighted by atomic mass is 16.3. The Bertz CT molecular complexity index is 973. The van der Waals surface area contributed by atoms with Crippen LogP contribution in [0.15, 0.2) is 48.3 Å². The van der Waals surface area contributed by atoms with Gasteiger partial charge in [-0.2, -0.15) is 0 Å². The number of fused-ring (bicyclic) bond motifs is 1. The lowest BCUT2D eigenvalue weighted by Gasteiger charge is -2.20. The Morgan fingerprint density at radius 1 is 1.31 bits per heavy atom. The molecule has 1 amide bonds. The Balaban J connectivity index is 2.10. The third kappa shape index (κ3) is 4.57. The van der Waals surface area contributed by atoms with E-state index < -0.39 is 0 Å². The van der Waals surface area contributed by atoms with Crippen LogP contribution in [0.2, 0.25) is 0 Å². The minimum Gasteiger partial charge on any atom is -0.396 e. The number of nitrogens with two attached hydrogens (primary N) is 1. The van der Waals surface area contributed by atoms with Crippen LogP contribution in [0.4, 0.5) is 11.4 Å². The average molecular weight is 394 g/mol. The molecule has 0 aliphatic heterocycles. The highest BCUT2D eigenvalue weighted by molar-refractivity contribution is 6.07. The molecular weight excluding hydrogens is 368 g/mol. The van der Waals surface area contributed by atoms with Gasteiger partial charge in [0.2, 0.25) is 5.91 Å². The van der Waals surface area contributed by atoms with E-state index in [0.717, 1.165) is 17.0 Å². The fourth-order valence-electron chi connectivity index (χ4n) is 3.58. The summed E-state index contributed by atoms with van der Waals surface area (Å²) in [5.74, 6) is -0.160. The lowest BCUT2D eigenvalue weighted by atomic mass is 9.86. The van der Waals surface area contributed by atoms with Gasteiger partial charge in [-0.05, 0) is 43.0 Å². The normalized spacial score (nSPS) is 17.1. The second kappa shape index (κ2) is 8.79. The number of benzene rings is 1. The molecular formula is C22H26N4O3. The summed E-state index contributed by atoms with van der Waals surface area (Å²) in [6, 6.07) is 9.59. The summed E-state index contributed by atoms with van der Waals surface area (Å²) in [5, 5.41) is 15.5. The molecule has 7 nitrogen and oxygen atoms in total. The van der Waals surface area contributed by atoms with Gasteiger partial charge in [0.05, 0.1) is 16.9 Å². The number of rotatable bonds is 6. The van der Waals surface area contributed by atoms with Gasteiger partial charge in [-0.25, -0.2) is 0 Å². The zero-order valence-corrected chi connectivity index (χ0v) is 16.6. The van der Waals surface area contributed by atoms with Gasteiger partial charge >= 0.3 is 0 Å². The number of aromatic amines is 1. The van der Waals surface area contributed by atoms with Crippen molar-refractivity contribution in [1.82, 2.24) is 10.3 Å². The fraction of sp³-hybridized carbons (Fsp3) is 0.273. The van der Waals surface area contributed by atoms with Crippen molar-refractivity contribution in [3.63, 3.8) is 0 Å². The van der Waals surface area contributed by atoms with Crippen LogP contribution in [-0.4, -0.2) is 28.4 Å². The molecule has 1 atom stereocenters. The maximum atomic E-state index is 12.9. The smallest absolute Gasteiger partial charge is 0.222 e. The van der Waals surface area contributed by atoms with Crippen LogP contribution in [0.25, 0.3) is 5.57 Å². The lowest BCUT2D eigenvalue weighted by Crippen LogP contribution is -2.24. The van der Waals surface area contributed by atoms with E-state index >= 15 is 0 Å². The number of nitrogens with one attached hydrogen (secondary N) is 3. The molecule has 29 heavy (non-hydrogen) atoms. The van der Waals surface area contributed by atoms with Gasteiger partial charge in [0.1, 0.15) is 5.82 Å². The van der Waals surface area contributed by atoms with Crippen molar-refractivity contribution in [2.24, 2.45) is 11.7 Å². The van der Waals surface area contributed by atoms with Crippen molar-refractivity contribution in [2.45, 2.75) is 26.7 Å². The molecule has 3 rings (SSSR count). The molecule has 0 saturated heterocycles. The number of aliphatic hydroxyl groups is 1. The molecule has 2 aromatic rings. The summed E-state index contributed by atoms with van der Waals surface area (Å²) >= 11 is 0. The number of aromatic nitrogens is 1. The largest absolute Gasteiger partial charge is 0.396 e. The van der Waals surface area contributed by atoms with Gasteiger partial charge in [-0.3, -0.25) is 9.59 Å². The highest BCUT2D eigenvalue weighted by Gasteiger charge is 2.31. The van der Waals surface area contributed by atoms with E-state index in [2.05, 4.69) is 15.6 Å². The number of ketones is 1. The third-order valence-corrected chi connectivity index (χ3v) is 4.86. The van der Waals surface area contributed by atoms with E-state index in [0.29, 0.717) is 29.8 Å². The molecule has 0 bridgehead atoms. The first-order valence-corrected chi connectivity index (χ1v) is 9.55. The number of carbonyl (C=O) groups is 2. The highest BCUT2D eigenvalue weighted by Crippen LogP contribution is 2.38. The molecule has 1 aliphatic carbocycles. The zero-order chi connectivity index (χ0) is 21.0. The molecule has 7 heteroatoms. The van der Waals surface area contributed by atoms with E-state index in [1.54, 1.807) is 6.08 Å². The molecule has 0 saturated carbocycles. The monoisotopic (exact) mass is 394 g/mol. The molecule has 0 fully saturated rings. The Labute approximate surface area is 169 Å². The molecule has 1 heterocycles. The van der Waals surface area contributed by atoms with Crippen molar-refractivity contribution in [3.05, 3.63) is 65.3 Å². The van der Waals surface area contributed by atoms with Gasteiger partial charge < -0.3 is 26.5 Å². The van der Waals surface area contributed by atoms with Gasteiger partial charge in [0.15, 0.2) is 5.78 Å². The zero-order valence-electron chi connectivity index (χ0n) is 16.6. The van der Waals surface area contributed by atoms with E-state index in [9.17, 15) is 14.7 Å². The first-order chi connectivity index (χ1) is 13.9. The first-order valence-electron chi connectivity index (χ1n) is 9.55. The van der Waals surface area contributed by atoms with Crippen molar-refractivity contribution < 1.29 is 14.7 Å². The fourth-order valence-corrected chi connectivity index (χ4v) is 3.58. The van der Waals surface area contributed by atoms with Crippen LogP contribution in [0, 0.1) is 5.92 Å². The summed E-state index contributed by atoms with van der Waals surface area (Å²) in [4.78, 5) is 27.5. The minimum absolute atomic E-state index is 0.0134. The maximum absolute atomic E-state index is 12.9. The predicted molar refractivity (Wildman–Crippen MR) is 113 cm³/mol. The van der Waals surface area contributed by atoms with Crippen LogP contribution in [-0.2, 0) is 11.2 Å². The van der Waals surface area contributed by atoms with Crippen LogP contribution < -0.4 is 16.4 Å². The standard InChI is InChI=1S/C22H26N4O3/c1-3-15(11-19(23)24-13(2)28)21-22(25-16-7-5-4-6-8-16)20-17(26-21)9-14(12-27)10-18(20)29/h3-8,11,14,25-27H,9-10,12,23H2,1-2H3,(H,24,28)/b15-3+,19-11+. The minimum atomic E-state index is -0.261. The molecule has 1 aromatic heterocycles. The van der Waals surface area contributed by atoms with Gasteiger partial charge in [-0.1, -0.05) is 24.3 Å². The molecule has 1 aliphatic rings. The van der Waals surface area contributed by atoms with Gasteiger partial charge in [0, 0.05) is 31.3 Å². The summed E-state index contributed by atoms with van der Waals surface area (Å²) < 4.78 is 0. The van der Waals surface area contributed by atoms with Crippen LogP contribution in [0.5, 0.6) is 0 Å². The number of para-hydroxylation sites is 1. The number of amides is 1. The predicted octanol–water partition coefficient (Wildman–Crippen LogP) is 2.84. The maximum Gasteiger partial charge on any atom is 0.222 e. The number of aliphatic hydroxyl groups excluding tert-OH is 1. The Morgan fingerprint density at radius 2 is 2.03 bits per heavy atom. The van der Waals surface area contributed by atoms with Gasteiger partial charge in [0.25, 0.3) is 0 Å². The number of carbonyl (C=O) groups excluding carboxylic acids is 2. The topological polar surface area (TPSA) is 120 Å². The van der Waals surface area contributed by atoms with Crippen molar-refractivity contribution >= 4 is 28.6 Å². The van der Waals surface area contributed by atoms with E-state index in [-0.39, 0.29) is 30.0 Å². The molecule has 152 valence electrons. The van der Waals surface area contributed by atoms with E-state index in [1.807, 2.05) is 43.3 Å². The number of H-pyrrole nitrogens is 1. The van der Waals surface area contributed by atoms with E-state index in [1.165, 1.54) is 6.92 Å². The van der Waals surface area contributed by atoms with Crippen molar-refractivity contribution in [2.75, 3.05) is 11.9 Å². The Kier molecular flexibility index (Phi) is 6.19. The molecule has 1 aromatic carbocycles. The lowest BCUT2D eigenvalue weighted by molar-refractivity contribution is -0.118. The van der Waals surface area contributed by atoms with Crippen LogP contribution in [0.3, 0.4) is 0 Å². The molecule has 6 N–H and O–H groups in total. The van der Waals surface area contributed by atoms with Crippen LogP contribution in [0.1, 0.15) is 42.0 Å². The number of allylic oxidation sites excluding steroid dienone is 3. The third-order valence-electron chi connectivity index (χ3n) is 4.86. The second-order valence-electron chi connectivity index (χ2n) is 7.12. The van der Waals surface area contributed by atoms with Gasteiger partial charge in [-0.15, -0.1) is 0 Å². The Hall–Kier alpha value is -3.32. The molecule has 0 spiro atoms. The van der Waals surface area contributed by atoms with Crippen LogP contribution >= 0.6 is 0 Å². The summed E-state index contributed by atoms with van der Waals surface area (Å²) in [6.07, 6.45) is 4.40. The number of anilines is 2. The summed E-state index contributed by atoms with van der Waals surface area (Å²) in [6.45, 7) is 3.21. The summed E-state index contributed by atoms with van der Waals surface area (Å²) in [7, 11) is 0. The number of Topliss-reactive ketones (excluding diaryl/α,β-unsaturated/α-hetero) is 1. The van der Waals surface area contributed by atoms with Crippen molar-refractivity contribution in [1.29, 1.82) is 0 Å². The van der Waals surface area contributed by atoms with E-state index in [4.69, 9.17) is 5.73 Å².